The molecule has 0 aromatic heterocycles. The van der Waals surface area contributed by atoms with Gasteiger partial charge in [-0.15, -0.1) is 0 Å². The SMILES string of the molecule is C/C(=N\C1(N(C=O)C(CCC(C)C)c2ccc(C=O)cc2)CC(C)CC(C)C1)c1cc(F)cc(Cl)c1. The van der Waals surface area contributed by atoms with Gasteiger partial charge in [0.1, 0.15) is 17.8 Å². The second kappa shape index (κ2) is 12.1. The fourth-order valence-electron chi connectivity index (χ4n) is 5.77. The molecule has 0 radical (unpaired) electrons. The Labute approximate surface area is 219 Å². The smallest absolute Gasteiger partial charge is 0.212 e. The molecule has 2 aromatic rings. The summed E-state index contributed by atoms with van der Waals surface area (Å²) >= 11 is 6.15. The molecule has 1 fully saturated rings. The molecule has 0 bridgehead atoms. The molecule has 0 saturated heterocycles. The monoisotopic (exact) mass is 512 g/mol. The lowest BCUT2D eigenvalue weighted by Crippen LogP contribution is -2.53. The number of carbonyl (C=O) groups is 2. The lowest BCUT2D eigenvalue weighted by atomic mass is 9.74. The van der Waals surface area contributed by atoms with Crippen molar-refractivity contribution in [2.75, 3.05) is 0 Å². The molecule has 3 rings (SSSR count). The Morgan fingerprint density at radius 1 is 1.11 bits per heavy atom. The van der Waals surface area contributed by atoms with Gasteiger partial charge in [-0.05, 0) is 86.1 Å². The van der Waals surface area contributed by atoms with Gasteiger partial charge in [0.05, 0.1) is 6.04 Å². The molecule has 1 aliphatic rings. The van der Waals surface area contributed by atoms with Crippen LogP contribution in [0.15, 0.2) is 47.5 Å². The molecule has 2 aromatic carbocycles. The van der Waals surface area contributed by atoms with Crippen molar-refractivity contribution in [3.8, 4) is 0 Å². The number of nitrogens with zero attached hydrogens (tertiary/aromatic N) is 2. The average molecular weight is 513 g/mol. The van der Waals surface area contributed by atoms with Gasteiger partial charge in [-0.2, -0.15) is 0 Å². The van der Waals surface area contributed by atoms with E-state index in [0.29, 0.717) is 39.6 Å². The predicted molar refractivity (Wildman–Crippen MR) is 145 cm³/mol. The van der Waals surface area contributed by atoms with Crippen molar-refractivity contribution >= 4 is 30.0 Å². The molecule has 0 N–H and O–H groups in total. The molecular formula is C30H38ClFN2O2. The molecule has 36 heavy (non-hydrogen) atoms. The first kappa shape index (κ1) is 28.0. The standard InChI is InChI=1S/C30H38ClFN2O2/c1-20(2)6-11-29(25-9-7-24(18-35)8-10-25)34(19-36)30(16-21(3)12-22(4)17-30)33-23(5)26-13-27(31)15-28(32)14-26/h7-10,13-15,18-22,29H,6,11-12,16-17H2,1-5H3/b33-23+. The fourth-order valence-corrected chi connectivity index (χ4v) is 5.99. The van der Waals surface area contributed by atoms with Gasteiger partial charge in [-0.3, -0.25) is 14.6 Å². The summed E-state index contributed by atoms with van der Waals surface area (Å²) < 4.78 is 14.2. The zero-order chi connectivity index (χ0) is 26.5. The largest absolute Gasteiger partial charge is 0.313 e. The van der Waals surface area contributed by atoms with E-state index in [9.17, 15) is 14.0 Å². The van der Waals surface area contributed by atoms with Gasteiger partial charge >= 0.3 is 0 Å². The van der Waals surface area contributed by atoms with Crippen LogP contribution in [0, 0.1) is 23.6 Å². The van der Waals surface area contributed by atoms with Gasteiger partial charge in [-0.25, -0.2) is 4.39 Å². The second-order valence-corrected chi connectivity index (χ2v) is 11.4. The van der Waals surface area contributed by atoms with Crippen molar-refractivity contribution in [1.82, 2.24) is 4.90 Å². The summed E-state index contributed by atoms with van der Waals surface area (Å²) in [6.07, 6.45) is 6.00. The first-order chi connectivity index (χ1) is 17.1. The van der Waals surface area contributed by atoms with Crippen molar-refractivity contribution in [1.29, 1.82) is 0 Å². The van der Waals surface area contributed by atoms with Crippen LogP contribution < -0.4 is 0 Å². The average Bonchev–Trinajstić information content (AvgIpc) is 2.80. The van der Waals surface area contributed by atoms with Gasteiger partial charge in [0, 0.05) is 16.3 Å². The minimum atomic E-state index is -0.771. The summed E-state index contributed by atoms with van der Waals surface area (Å²) in [6.45, 7) is 10.6. The van der Waals surface area contributed by atoms with Crippen LogP contribution in [0.5, 0.6) is 0 Å². The first-order valence-electron chi connectivity index (χ1n) is 12.9. The molecule has 1 aliphatic carbocycles. The van der Waals surface area contributed by atoms with Crippen LogP contribution in [0.4, 0.5) is 4.39 Å². The summed E-state index contributed by atoms with van der Waals surface area (Å²) in [5.74, 6) is 0.790. The summed E-state index contributed by atoms with van der Waals surface area (Å²) in [7, 11) is 0. The topological polar surface area (TPSA) is 49.7 Å². The maximum absolute atomic E-state index is 14.2. The van der Waals surface area contributed by atoms with Crippen molar-refractivity contribution in [2.45, 2.75) is 78.4 Å². The predicted octanol–water partition coefficient (Wildman–Crippen LogP) is 7.89. The lowest BCUT2D eigenvalue weighted by molar-refractivity contribution is -0.131. The molecule has 3 unspecified atom stereocenters. The molecule has 4 nitrogen and oxygen atoms in total. The highest BCUT2D eigenvalue weighted by molar-refractivity contribution is 6.31. The normalized spacial score (nSPS) is 23.4. The van der Waals surface area contributed by atoms with E-state index in [1.54, 1.807) is 18.2 Å². The van der Waals surface area contributed by atoms with Crippen molar-refractivity contribution in [3.63, 3.8) is 0 Å². The molecular weight excluding hydrogens is 475 g/mol. The van der Waals surface area contributed by atoms with Crippen molar-refractivity contribution in [3.05, 3.63) is 70.0 Å². The lowest BCUT2D eigenvalue weighted by Gasteiger charge is -2.49. The summed E-state index contributed by atoms with van der Waals surface area (Å²) in [5.41, 5.74) is 2.09. The Bertz CT molecular complexity index is 1050. The Balaban J connectivity index is 2.15. The quantitative estimate of drug-likeness (QED) is 0.240. The number of carbonyl (C=O) groups excluding carboxylic acids is 2. The van der Waals surface area contributed by atoms with E-state index in [2.05, 4.69) is 27.7 Å². The van der Waals surface area contributed by atoms with E-state index in [1.807, 2.05) is 24.0 Å². The summed E-state index contributed by atoms with van der Waals surface area (Å²) in [4.78, 5) is 31.3. The minimum Gasteiger partial charge on any atom is -0.313 e. The third kappa shape index (κ3) is 6.82. The molecule has 1 amide bonds. The number of rotatable bonds is 10. The maximum Gasteiger partial charge on any atom is 0.212 e. The molecule has 0 spiro atoms. The highest BCUT2D eigenvalue weighted by Crippen LogP contribution is 2.45. The molecule has 0 aliphatic heterocycles. The maximum atomic E-state index is 14.2. The molecule has 1 saturated carbocycles. The summed E-state index contributed by atoms with van der Waals surface area (Å²) in [6, 6.07) is 11.7. The van der Waals surface area contributed by atoms with Crippen LogP contribution in [-0.4, -0.2) is 29.0 Å². The molecule has 3 atom stereocenters. The Hall–Kier alpha value is -2.53. The third-order valence-electron chi connectivity index (χ3n) is 7.22. The number of halogens is 2. The van der Waals surface area contributed by atoms with E-state index in [0.717, 1.165) is 50.4 Å². The van der Waals surface area contributed by atoms with E-state index in [1.165, 1.54) is 12.1 Å². The van der Waals surface area contributed by atoms with Crippen LogP contribution in [0.1, 0.15) is 94.2 Å². The summed E-state index contributed by atoms with van der Waals surface area (Å²) in [5, 5.41) is 0.316. The number of amides is 1. The van der Waals surface area contributed by atoms with Crippen LogP contribution in [0.2, 0.25) is 5.02 Å². The van der Waals surface area contributed by atoms with Gasteiger partial charge < -0.3 is 4.90 Å². The molecule has 6 heteroatoms. The van der Waals surface area contributed by atoms with Crippen LogP contribution in [0.3, 0.4) is 0 Å². The Morgan fingerprint density at radius 3 is 2.28 bits per heavy atom. The van der Waals surface area contributed by atoms with Crippen LogP contribution in [-0.2, 0) is 4.79 Å². The van der Waals surface area contributed by atoms with E-state index >= 15 is 0 Å². The molecule has 194 valence electrons. The van der Waals surface area contributed by atoms with Gasteiger partial charge in [-0.1, -0.05) is 63.6 Å². The van der Waals surface area contributed by atoms with Gasteiger partial charge in [0.15, 0.2) is 0 Å². The molecule has 0 heterocycles. The highest BCUT2D eigenvalue weighted by atomic mass is 35.5. The zero-order valence-corrected chi connectivity index (χ0v) is 22.8. The Kier molecular flexibility index (Phi) is 9.46. The van der Waals surface area contributed by atoms with Gasteiger partial charge in [0.25, 0.3) is 0 Å². The third-order valence-corrected chi connectivity index (χ3v) is 7.43. The number of hydrogen-bond donors (Lipinski definition) is 0. The second-order valence-electron chi connectivity index (χ2n) is 11.0. The minimum absolute atomic E-state index is 0.198. The van der Waals surface area contributed by atoms with E-state index in [4.69, 9.17) is 16.6 Å². The van der Waals surface area contributed by atoms with Crippen molar-refractivity contribution < 1.29 is 14.0 Å². The van der Waals surface area contributed by atoms with E-state index < -0.39 is 11.5 Å². The first-order valence-corrected chi connectivity index (χ1v) is 13.3. The highest BCUT2D eigenvalue weighted by Gasteiger charge is 2.45. The Morgan fingerprint density at radius 2 is 1.75 bits per heavy atom. The van der Waals surface area contributed by atoms with Gasteiger partial charge in [0.2, 0.25) is 6.41 Å². The number of hydrogen-bond acceptors (Lipinski definition) is 3. The van der Waals surface area contributed by atoms with Crippen LogP contribution >= 0.6 is 11.6 Å². The fraction of sp³-hybridized carbons (Fsp3) is 0.500. The number of benzene rings is 2. The number of aldehydes is 1. The number of aliphatic imine (C=N–C) groups is 1. The van der Waals surface area contributed by atoms with Crippen LogP contribution in [0.25, 0.3) is 0 Å². The van der Waals surface area contributed by atoms with E-state index in [-0.39, 0.29) is 6.04 Å². The zero-order valence-electron chi connectivity index (χ0n) is 22.0. The van der Waals surface area contributed by atoms with Crippen molar-refractivity contribution in [2.24, 2.45) is 22.7 Å².